The molecule has 0 aliphatic carbocycles. The molecule has 0 atom stereocenters. The number of hydrogen-bond donors (Lipinski definition) is 0. The van der Waals surface area contributed by atoms with E-state index < -0.39 is 0 Å². The summed E-state index contributed by atoms with van der Waals surface area (Å²) in [6, 6.07) is 3.67. The van der Waals surface area contributed by atoms with Gasteiger partial charge in [-0.3, -0.25) is 9.59 Å². The lowest BCUT2D eigenvalue weighted by molar-refractivity contribution is -0.143. The first-order chi connectivity index (χ1) is 12.0. The van der Waals surface area contributed by atoms with E-state index in [0.717, 1.165) is 35.7 Å². The van der Waals surface area contributed by atoms with Crippen molar-refractivity contribution in [2.24, 2.45) is 0 Å². The fourth-order valence-corrected chi connectivity index (χ4v) is 2.64. The Morgan fingerprint density at radius 1 is 1.24 bits per heavy atom. The molecule has 0 amide bonds. The fraction of sp³-hybridized carbons (Fsp3) is 0.500. The Morgan fingerprint density at radius 2 is 2.00 bits per heavy atom. The minimum atomic E-state index is -0.164. The van der Waals surface area contributed by atoms with Gasteiger partial charge < -0.3 is 9.47 Å². The Morgan fingerprint density at radius 3 is 2.64 bits per heavy atom. The molecule has 0 unspecified atom stereocenters. The van der Waals surface area contributed by atoms with Gasteiger partial charge in [0.2, 0.25) is 5.12 Å². The molecule has 1 aromatic rings. The van der Waals surface area contributed by atoms with Crippen LogP contribution in [0.25, 0.3) is 0 Å². The van der Waals surface area contributed by atoms with Gasteiger partial charge in [-0.05, 0) is 43.7 Å². The fourth-order valence-electron chi connectivity index (χ4n) is 2.27. The molecular formula is C20H26O4S. The summed E-state index contributed by atoms with van der Waals surface area (Å²) >= 11 is 1.15. The molecule has 0 saturated carbocycles. The molecule has 0 saturated heterocycles. The van der Waals surface area contributed by atoms with Crippen LogP contribution in [0.4, 0.5) is 0 Å². The van der Waals surface area contributed by atoms with Crippen LogP contribution < -0.4 is 4.74 Å². The molecule has 25 heavy (non-hydrogen) atoms. The molecule has 5 heteroatoms. The first-order valence-corrected chi connectivity index (χ1v) is 9.67. The average molecular weight is 362 g/mol. The maximum Gasteiger partial charge on any atom is 0.305 e. The third-order valence-corrected chi connectivity index (χ3v) is 4.15. The number of benzene rings is 1. The maximum absolute atomic E-state index is 12.0. The van der Waals surface area contributed by atoms with E-state index >= 15 is 0 Å². The molecule has 0 bridgehead atoms. The van der Waals surface area contributed by atoms with Crippen LogP contribution in [0.5, 0.6) is 5.75 Å². The third-order valence-electron chi connectivity index (χ3n) is 3.56. The van der Waals surface area contributed by atoms with Crippen LogP contribution in [-0.4, -0.2) is 31.1 Å². The Labute approximate surface area is 154 Å². The van der Waals surface area contributed by atoms with E-state index in [1.165, 1.54) is 0 Å². The predicted octanol–water partition coefficient (Wildman–Crippen LogP) is 4.37. The van der Waals surface area contributed by atoms with Crippen LogP contribution in [0.15, 0.2) is 12.1 Å². The van der Waals surface area contributed by atoms with Crippen molar-refractivity contribution in [1.29, 1.82) is 0 Å². The van der Waals surface area contributed by atoms with E-state index in [1.807, 2.05) is 13.0 Å². The highest BCUT2D eigenvalue weighted by Crippen LogP contribution is 2.27. The highest BCUT2D eigenvalue weighted by Gasteiger charge is 2.14. The van der Waals surface area contributed by atoms with E-state index in [0.29, 0.717) is 37.2 Å². The van der Waals surface area contributed by atoms with E-state index in [9.17, 15) is 9.59 Å². The summed E-state index contributed by atoms with van der Waals surface area (Å²) in [5.74, 6) is 6.55. The number of unbranched alkanes of at least 4 members (excludes halogenated alkanes) is 2. The first-order valence-electron chi connectivity index (χ1n) is 8.44. The standard InChI is InChI=1S/C20H26O4S/c1-5-6-12-24-18(21)11-9-7-8-10-16-13-15(2)19(23-3)17(14-16)20(22)25-4/h13-14H,5-7,9,11-12H2,1-4H3. The molecule has 1 aromatic carbocycles. The van der Waals surface area contributed by atoms with Crippen molar-refractivity contribution in [3.8, 4) is 17.6 Å². The van der Waals surface area contributed by atoms with Crippen LogP contribution in [0.1, 0.15) is 60.5 Å². The summed E-state index contributed by atoms with van der Waals surface area (Å²) in [5, 5.41) is -0.0431. The van der Waals surface area contributed by atoms with Crippen LogP contribution >= 0.6 is 11.8 Å². The summed E-state index contributed by atoms with van der Waals surface area (Å²) in [6.45, 7) is 4.45. The molecule has 1 rings (SSSR count). The minimum Gasteiger partial charge on any atom is -0.496 e. The van der Waals surface area contributed by atoms with Crippen LogP contribution in [0.2, 0.25) is 0 Å². The van der Waals surface area contributed by atoms with Crippen LogP contribution in [-0.2, 0) is 9.53 Å². The molecular weight excluding hydrogens is 336 g/mol. The van der Waals surface area contributed by atoms with Gasteiger partial charge in [0.1, 0.15) is 5.75 Å². The SMILES string of the molecule is CCCCOC(=O)CCCC#Cc1cc(C)c(OC)c(C(=O)SC)c1. The molecule has 0 aliphatic rings. The van der Waals surface area contributed by atoms with Crippen molar-refractivity contribution in [2.75, 3.05) is 20.0 Å². The van der Waals surface area contributed by atoms with Crippen molar-refractivity contribution >= 4 is 22.8 Å². The van der Waals surface area contributed by atoms with Gasteiger partial charge in [-0.2, -0.15) is 0 Å². The highest BCUT2D eigenvalue weighted by molar-refractivity contribution is 8.13. The minimum absolute atomic E-state index is 0.0431. The summed E-state index contributed by atoms with van der Waals surface area (Å²) in [6.07, 6.45) is 5.33. The number of thioether (sulfide) groups is 1. The summed E-state index contributed by atoms with van der Waals surface area (Å²) in [4.78, 5) is 23.5. The number of methoxy groups -OCH3 is 1. The molecule has 4 nitrogen and oxygen atoms in total. The lowest BCUT2D eigenvalue weighted by Crippen LogP contribution is -2.05. The summed E-state index contributed by atoms with van der Waals surface area (Å²) in [5.41, 5.74) is 2.20. The van der Waals surface area contributed by atoms with E-state index in [-0.39, 0.29) is 11.1 Å². The van der Waals surface area contributed by atoms with Gasteiger partial charge in [0.25, 0.3) is 0 Å². The van der Waals surface area contributed by atoms with Crippen LogP contribution in [0.3, 0.4) is 0 Å². The summed E-state index contributed by atoms with van der Waals surface area (Å²) in [7, 11) is 1.56. The molecule has 0 aromatic heterocycles. The van der Waals surface area contributed by atoms with Gasteiger partial charge >= 0.3 is 5.97 Å². The van der Waals surface area contributed by atoms with Crippen molar-refractivity contribution in [3.63, 3.8) is 0 Å². The zero-order valence-electron chi connectivity index (χ0n) is 15.4. The van der Waals surface area contributed by atoms with Crippen molar-refractivity contribution < 1.29 is 19.1 Å². The van der Waals surface area contributed by atoms with Gasteiger partial charge in [0, 0.05) is 18.4 Å². The monoisotopic (exact) mass is 362 g/mol. The maximum atomic E-state index is 12.0. The Hall–Kier alpha value is -1.93. The number of esters is 1. The predicted molar refractivity (Wildman–Crippen MR) is 102 cm³/mol. The second-order valence-corrected chi connectivity index (χ2v) is 6.37. The second kappa shape index (κ2) is 11.6. The second-order valence-electron chi connectivity index (χ2n) is 5.59. The molecule has 0 aliphatic heterocycles. The van der Waals surface area contributed by atoms with Gasteiger partial charge in [-0.15, -0.1) is 0 Å². The number of aryl methyl sites for hydroxylation is 1. The van der Waals surface area contributed by atoms with E-state index in [4.69, 9.17) is 9.47 Å². The van der Waals surface area contributed by atoms with Gasteiger partial charge in [-0.25, -0.2) is 0 Å². The van der Waals surface area contributed by atoms with Crippen molar-refractivity contribution in [1.82, 2.24) is 0 Å². The van der Waals surface area contributed by atoms with Crippen molar-refractivity contribution in [2.45, 2.75) is 46.0 Å². The number of rotatable bonds is 8. The topological polar surface area (TPSA) is 52.6 Å². The van der Waals surface area contributed by atoms with E-state index in [1.54, 1.807) is 19.4 Å². The zero-order chi connectivity index (χ0) is 18.7. The van der Waals surface area contributed by atoms with Gasteiger partial charge in [-0.1, -0.05) is 36.9 Å². The Bertz CT molecular complexity index is 656. The molecule has 0 radical (unpaired) electrons. The number of carbonyl (C=O) groups excluding carboxylic acids is 2. The smallest absolute Gasteiger partial charge is 0.305 e. The lowest BCUT2D eigenvalue weighted by Gasteiger charge is -2.10. The first kappa shape index (κ1) is 21.1. The number of hydrogen-bond acceptors (Lipinski definition) is 5. The number of carbonyl (C=O) groups is 2. The normalized spacial score (nSPS) is 9.92. The Kier molecular flexibility index (Phi) is 9.79. The molecule has 136 valence electrons. The van der Waals surface area contributed by atoms with Gasteiger partial charge in [0.05, 0.1) is 19.3 Å². The highest BCUT2D eigenvalue weighted by atomic mass is 32.2. The molecule has 0 spiro atoms. The third kappa shape index (κ3) is 7.23. The Balaban J connectivity index is 2.63. The van der Waals surface area contributed by atoms with Gasteiger partial charge in [0.15, 0.2) is 0 Å². The quantitative estimate of drug-likeness (QED) is 0.390. The molecule has 0 fully saturated rings. The lowest BCUT2D eigenvalue weighted by atomic mass is 10.1. The van der Waals surface area contributed by atoms with Crippen LogP contribution in [0, 0.1) is 18.8 Å². The molecule has 0 N–H and O–H groups in total. The summed E-state index contributed by atoms with van der Waals surface area (Å²) < 4.78 is 10.4. The average Bonchev–Trinajstić information content (AvgIpc) is 2.60. The van der Waals surface area contributed by atoms with E-state index in [2.05, 4.69) is 18.8 Å². The van der Waals surface area contributed by atoms with Crippen molar-refractivity contribution in [3.05, 3.63) is 28.8 Å². The largest absolute Gasteiger partial charge is 0.496 e. The molecule has 0 heterocycles. The number of ether oxygens (including phenoxy) is 2. The zero-order valence-corrected chi connectivity index (χ0v) is 16.3.